The van der Waals surface area contributed by atoms with Crippen LogP contribution in [0.2, 0.25) is 0 Å². The smallest absolute Gasteiger partial charge is 0.227 e. The summed E-state index contributed by atoms with van der Waals surface area (Å²) < 4.78 is 0. The monoisotopic (exact) mass is 212 g/mol. The molecular weight excluding hydrogens is 188 g/mol. The molecule has 1 saturated heterocycles. The number of nitrogens with one attached hydrogen (secondary N) is 2. The fourth-order valence-corrected chi connectivity index (χ4v) is 1.67. The number of carbonyl (C=O) groups is 1. The van der Waals surface area contributed by atoms with Crippen LogP contribution in [0.25, 0.3) is 0 Å². The first-order valence-electron chi connectivity index (χ1n) is 5.89. The molecule has 0 aromatic rings. The summed E-state index contributed by atoms with van der Waals surface area (Å²) in [5.74, 6) is 0.203. The highest BCUT2D eigenvalue weighted by atomic mass is 16.2. The van der Waals surface area contributed by atoms with Gasteiger partial charge in [0, 0.05) is 13.1 Å². The molecule has 88 valence electrons. The number of hydrogen-bond donors (Lipinski definition) is 2. The SMILES string of the molecule is CCC(C)(C)CNC(=O)C1(C)CCNC1. The average molecular weight is 212 g/mol. The standard InChI is InChI=1S/C12H24N2O/c1-5-11(2,3)8-14-10(15)12(4)6-7-13-9-12/h13H,5-9H2,1-4H3,(H,14,15). The van der Waals surface area contributed by atoms with E-state index in [1.807, 2.05) is 6.92 Å². The van der Waals surface area contributed by atoms with Crippen LogP contribution >= 0.6 is 0 Å². The fraction of sp³-hybridized carbons (Fsp3) is 0.917. The van der Waals surface area contributed by atoms with E-state index in [1.165, 1.54) is 0 Å². The number of hydrogen-bond acceptors (Lipinski definition) is 2. The van der Waals surface area contributed by atoms with E-state index in [9.17, 15) is 4.79 Å². The summed E-state index contributed by atoms with van der Waals surface area (Å²) >= 11 is 0. The van der Waals surface area contributed by atoms with Crippen molar-refractivity contribution in [2.75, 3.05) is 19.6 Å². The quantitative estimate of drug-likeness (QED) is 0.742. The van der Waals surface area contributed by atoms with Crippen molar-refractivity contribution in [2.45, 2.75) is 40.5 Å². The molecular formula is C12H24N2O. The van der Waals surface area contributed by atoms with Gasteiger partial charge in [0.25, 0.3) is 0 Å². The van der Waals surface area contributed by atoms with E-state index < -0.39 is 0 Å². The summed E-state index contributed by atoms with van der Waals surface area (Å²) in [7, 11) is 0. The first-order valence-corrected chi connectivity index (χ1v) is 5.89. The number of amides is 1. The maximum atomic E-state index is 12.0. The molecule has 1 atom stereocenters. The maximum absolute atomic E-state index is 12.0. The van der Waals surface area contributed by atoms with Gasteiger partial charge in [-0.2, -0.15) is 0 Å². The van der Waals surface area contributed by atoms with Crippen LogP contribution in [-0.4, -0.2) is 25.5 Å². The van der Waals surface area contributed by atoms with Gasteiger partial charge in [-0.05, 0) is 31.7 Å². The Labute approximate surface area is 93.0 Å². The first kappa shape index (κ1) is 12.5. The summed E-state index contributed by atoms with van der Waals surface area (Å²) in [5.41, 5.74) is 0.0157. The van der Waals surface area contributed by atoms with Crippen molar-refractivity contribution in [3.05, 3.63) is 0 Å². The lowest BCUT2D eigenvalue weighted by Gasteiger charge is -2.27. The van der Waals surface area contributed by atoms with E-state index in [0.29, 0.717) is 0 Å². The lowest BCUT2D eigenvalue weighted by Crippen LogP contribution is -2.43. The van der Waals surface area contributed by atoms with E-state index in [1.54, 1.807) is 0 Å². The van der Waals surface area contributed by atoms with Crippen molar-refractivity contribution in [2.24, 2.45) is 10.8 Å². The number of rotatable bonds is 4. The van der Waals surface area contributed by atoms with Gasteiger partial charge < -0.3 is 10.6 Å². The van der Waals surface area contributed by atoms with Crippen molar-refractivity contribution in [1.29, 1.82) is 0 Å². The third-order valence-electron chi connectivity index (χ3n) is 3.60. The van der Waals surface area contributed by atoms with Crippen molar-refractivity contribution in [1.82, 2.24) is 10.6 Å². The zero-order chi connectivity index (χ0) is 11.5. The molecule has 0 aromatic carbocycles. The Morgan fingerprint density at radius 1 is 1.53 bits per heavy atom. The topological polar surface area (TPSA) is 41.1 Å². The highest BCUT2D eigenvalue weighted by Crippen LogP contribution is 2.25. The Bertz CT molecular complexity index is 230. The first-order chi connectivity index (χ1) is 6.90. The molecule has 1 fully saturated rings. The lowest BCUT2D eigenvalue weighted by molar-refractivity contribution is -0.129. The molecule has 0 saturated carbocycles. The van der Waals surface area contributed by atoms with Gasteiger partial charge in [-0.3, -0.25) is 4.79 Å². The van der Waals surface area contributed by atoms with Crippen LogP contribution in [0.5, 0.6) is 0 Å². The molecule has 1 heterocycles. The molecule has 15 heavy (non-hydrogen) atoms. The van der Waals surface area contributed by atoms with Crippen molar-refractivity contribution >= 4 is 5.91 Å². The molecule has 1 unspecified atom stereocenters. The predicted octanol–water partition coefficient (Wildman–Crippen LogP) is 1.54. The zero-order valence-corrected chi connectivity index (χ0v) is 10.4. The summed E-state index contributed by atoms with van der Waals surface area (Å²) in [5, 5.41) is 6.32. The second-order valence-electron chi connectivity index (χ2n) is 5.69. The Hall–Kier alpha value is -0.570. The van der Waals surface area contributed by atoms with E-state index >= 15 is 0 Å². The van der Waals surface area contributed by atoms with E-state index in [2.05, 4.69) is 31.4 Å². The molecule has 3 heteroatoms. The Morgan fingerprint density at radius 2 is 2.20 bits per heavy atom. The van der Waals surface area contributed by atoms with Gasteiger partial charge in [-0.1, -0.05) is 20.8 Å². The van der Waals surface area contributed by atoms with Crippen LogP contribution in [0.3, 0.4) is 0 Å². The minimum absolute atomic E-state index is 0.191. The summed E-state index contributed by atoms with van der Waals surface area (Å²) in [6, 6.07) is 0. The van der Waals surface area contributed by atoms with Crippen molar-refractivity contribution in [3.8, 4) is 0 Å². The molecule has 0 bridgehead atoms. The van der Waals surface area contributed by atoms with Crippen LogP contribution in [0.1, 0.15) is 40.5 Å². The predicted molar refractivity (Wildman–Crippen MR) is 62.7 cm³/mol. The Morgan fingerprint density at radius 3 is 2.67 bits per heavy atom. The van der Waals surface area contributed by atoms with Gasteiger partial charge in [0.15, 0.2) is 0 Å². The van der Waals surface area contributed by atoms with Gasteiger partial charge in [-0.25, -0.2) is 0 Å². The van der Waals surface area contributed by atoms with E-state index in [-0.39, 0.29) is 16.7 Å². The third kappa shape index (κ3) is 3.20. The summed E-state index contributed by atoms with van der Waals surface area (Å²) in [6.07, 6.45) is 2.04. The van der Waals surface area contributed by atoms with Crippen LogP contribution in [0.15, 0.2) is 0 Å². The molecule has 1 aliphatic rings. The highest BCUT2D eigenvalue weighted by Gasteiger charge is 2.36. The second kappa shape index (κ2) is 4.52. The van der Waals surface area contributed by atoms with Crippen LogP contribution in [0, 0.1) is 10.8 Å². The third-order valence-corrected chi connectivity index (χ3v) is 3.60. The molecule has 0 radical (unpaired) electrons. The summed E-state index contributed by atoms with van der Waals surface area (Å²) in [4.78, 5) is 12.0. The average Bonchev–Trinajstić information content (AvgIpc) is 2.63. The fourth-order valence-electron chi connectivity index (χ4n) is 1.67. The van der Waals surface area contributed by atoms with Crippen LogP contribution in [-0.2, 0) is 4.79 Å². The molecule has 0 aliphatic carbocycles. The molecule has 3 nitrogen and oxygen atoms in total. The minimum Gasteiger partial charge on any atom is -0.355 e. The largest absolute Gasteiger partial charge is 0.355 e. The molecule has 1 amide bonds. The number of carbonyl (C=O) groups excluding carboxylic acids is 1. The Balaban J connectivity index is 2.42. The lowest BCUT2D eigenvalue weighted by atomic mass is 9.86. The highest BCUT2D eigenvalue weighted by molar-refractivity contribution is 5.82. The van der Waals surface area contributed by atoms with Gasteiger partial charge >= 0.3 is 0 Å². The van der Waals surface area contributed by atoms with Gasteiger partial charge in [0.2, 0.25) is 5.91 Å². The second-order valence-corrected chi connectivity index (χ2v) is 5.69. The van der Waals surface area contributed by atoms with Gasteiger partial charge in [0.1, 0.15) is 0 Å². The summed E-state index contributed by atoms with van der Waals surface area (Å²) in [6.45, 7) is 11.1. The maximum Gasteiger partial charge on any atom is 0.227 e. The molecule has 0 spiro atoms. The minimum atomic E-state index is -0.191. The van der Waals surface area contributed by atoms with Crippen molar-refractivity contribution in [3.63, 3.8) is 0 Å². The van der Waals surface area contributed by atoms with Gasteiger partial charge in [0.05, 0.1) is 5.41 Å². The van der Waals surface area contributed by atoms with Crippen LogP contribution < -0.4 is 10.6 Å². The van der Waals surface area contributed by atoms with E-state index in [0.717, 1.165) is 32.5 Å². The molecule has 2 N–H and O–H groups in total. The molecule has 0 aromatic heterocycles. The Kier molecular flexibility index (Phi) is 3.77. The molecule has 1 aliphatic heterocycles. The van der Waals surface area contributed by atoms with Gasteiger partial charge in [-0.15, -0.1) is 0 Å². The van der Waals surface area contributed by atoms with Crippen molar-refractivity contribution < 1.29 is 4.79 Å². The van der Waals surface area contributed by atoms with Crippen LogP contribution in [0.4, 0.5) is 0 Å². The molecule has 1 rings (SSSR count). The zero-order valence-electron chi connectivity index (χ0n) is 10.4. The van der Waals surface area contributed by atoms with E-state index in [4.69, 9.17) is 0 Å². The normalized spacial score (nSPS) is 26.7.